The van der Waals surface area contributed by atoms with E-state index in [1.165, 1.54) is 6.20 Å². The Morgan fingerprint density at radius 3 is 2.59 bits per heavy atom. The Hall–Kier alpha value is -3.31. The van der Waals surface area contributed by atoms with Crippen LogP contribution in [0.4, 0.5) is 5.69 Å². The van der Waals surface area contributed by atoms with Crippen molar-refractivity contribution >= 4 is 17.4 Å². The minimum absolute atomic E-state index is 0.235. The molecule has 146 valence electrons. The van der Waals surface area contributed by atoms with Gasteiger partial charge in [-0.3, -0.25) is 14.6 Å². The highest BCUT2D eigenvalue weighted by Crippen LogP contribution is 2.43. The molecule has 5 nitrogen and oxygen atoms in total. The van der Waals surface area contributed by atoms with E-state index in [1.54, 1.807) is 35.2 Å². The van der Waals surface area contributed by atoms with Crippen LogP contribution >= 0.6 is 0 Å². The highest BCUT2D eigenvalue weighted by Gasteiger charge is 2.50. The average Bonchev–Trinajstić information content (AvgIpc) is 2.93. The number of nitrogens with zero attached hydrogens (tertiary/aromatic N) is 2. The first-order valence-electron chi connectivity index (χ1n) is 9.54. The Morgan fingerprint density at radius 2 is 1.83 bits per heavy atom. The van der Waals surface area contributed by atoms with Crippen molar-refractivity contribution in [3.63, 3.8) is 0 Å². The fraction of sp³-hybridized carbons (Fsp3) is 0.208. The maximum Gasteiger partial charge on any atom is 0.264 e. The lowest BCUT2D eigenvalue weighted by Crippen LogP contribution is -2.41. The molecule has 0 saturated heterocycles. The molecule has 0 fully saturated rings. The summed E-state index contributed by atoms with van der Waals surface area (Å²) in [6.07, 6.45) is 1.18. The molecule has 0 saturated carbocycles. The molecule has 1 atom stereocenters. The van der Waals surface area contributed by atoms with Gasteiger partial charge in [0.25, 0.3) is 5.91 Å². The summed E-state index contributed by atoms with van der Waals surface area (Å²) in [6, 6.07) is 18.2. The molecule has 4 rings (SSSR count). The number of aliphatic hydroxyl groups is 1. The summed E-state index contributed by atoms with van der Waals surface area (Å²) >= 11 is 0. The molecule has 1 N–H and O–H groups in total. The van der Waals surface area contributed by atoms with Crippen LogP contribution in [0.3, 0.4) is 0 Å². The second kappa shape index (κ2) is 7.26. The van der Waals surface area contributed by atoms with Crippen LogP contribution in [0, 0.1) is 13.8 Å². The molecule has 1 aliphatic rings. The molecule has 3 aromatic rings. The van der Waals surface area contributed by atoms with Crippen LogP contribution in [0.25, 0.3) is 0 Å². The lowest BCUT2D eigenvalue weighted by Gasteiger charge is -2.23. The molecule has 0 bridgehead atoms. The van der Waals surface area contributed by atoms with Gasteiger partial charge in [-0.25, -0.2) is 0 Å². The average molecular weight is 386 g/mol. The number of aromatic nitrogens is 1. The van der Waals surface area contributed by atoms with E-state index in [0.717, 1.165) is 16.7 Å². The van der Waals surface area contributed by atoms with Crippen LogP contribution in [-0.2, 0) is 16.9 Å². The zero-order valence-electron chi connectivity index (χ0n) is 16.4. The second-order valence-electron chi connectivity index (χ2n) is 7.51. The van der Waals surface area contributed by atoms with Gasteiger partial charge in [0.2, 0.25) is 0 Å². The molecule has 1 aliphatic heterocycles. The third-order valence-electron chi connectivity index (χ3n) is 5.44. The number of ketones is 1. The Labute approximate surface area is 169 Å². The number of Topliss-reactive ketones (excluding diaryl/α,β-unsaturated/α-hetero) is 1. The number of rotatable bonds is 5. The molecule has 1 amide bonds. The van der Waals surface area contributed by atoms with E-state index < -0.39 is 11.5 Å². The van der Waals surface area contributed by atoms with Gasteiger partial charge in [0.15, 0.2) is 11.4 Å². The van der Waals surface area contributed by atoms with Gasteiger partial charge in [-0.1, -0.05) is 48.0 Å². The molecule has 5 heteroatoms. The fourth-order valence-corrected chi connectivity index (χ4v) is 3.83. The van der Waals surface area contributed by atoms with Crippen molar-refractivity contribution < 1.29 is 14.7 Å². The normalized spacial score (nSPS) is 18.0. The third-order valence-corrected chi connectivity index (χ3v) is 5.44. The van der Waals surface area contributed by atoms with E-state index in [2.05, 4.69) is 4.98 Å². The standard InChI is InChI=1S/C24H22N2O3/c1-16-10-11-17(2)18(13-16)15-26-21-9-4-3-7-19(21)24(29,23(26)28)14-22(27)20-8-5-6-12-25-20/h3-13,29H,14-15H2,1-2H3. The summed E-state index contributed by atoms with van der Waals surface area (Å²) in [4.78, 5) is 31.7. The van der Waals surface area contributed by atoms with E-state index in [9.17, 15) is 14.7 Å². The van der Waals surface area contributed by atoms with Gasteiger partial charge in [0.1, 0.15) is 5.69 Å². The van der Waals surface area contributed by atoms with E-state index >= 15 is 0 Å². The number of carbonyl (C=O) groups excluding carboxylic acids is 2. The number of pyridine rings is 1. The lowest BCUT2D eigenvalue weighted by molar-refractivity contribution is -0.136. The highest BCUT2D eigenvalue weighted by molar-refractivity contribution is 6.10. The first-order valence-corrected chi connectivity index (χ1v) is 9.54. The third kappa shape index (κ3) is 3.34. The number of fused-ring (bicyclic) bond motifs is 1. The summed E-state index contributed by atoms with van der Waals surface area (Å²) in [5.74, 6) is -0.853. The molecule has 1 aromatic heterocycles. The van der Waals surface area contributed by atoms with Crippen LogP contribution in [0.1, 0.15) is 39.2 Å². The highest BCUT2D eigenvalue weighted by atomic mass is 16.3. The summed E-state index contributed by atoms with van der Waals surface area (Å²) < 4.78 is 0. The second-order valence-corrected chi connectivity index (χ2v) is 7.51. The SMILES string of the molecule is Cc1ccc(C)c(CN2C(=O)C(O)(CC(=O)c3ccccn3)c3ccccc32)c1. The zero-order chi connectivity index (χ0) is 20.6. The molecule has 0 aliphatic carbocycles. The first-order chi connectivity index (χ1) is 13.9. The van der Waals surface area contributed by atoms with Crippen LogP contribution in [0.5, 0.6) is 0 Å². The predicted octanol–water partition coefficient (Wildman–Crippen LogP) is 3.71. The fourth-order valence-electron chi connectivity index (χ4n) is 3.83. The Bertz CT molecular complexity index is 1090. The molecular weight excluding hydrogens is 364 g/mol. The summed E-state index contributed by atoms with van der Waals surface area (Å²) in [5.41, 5.74) is 2.61. The number of amides is 1. The summed E-state index contributed by atoms with van der Waals surface area (Å²) in [7, 11) is 0. The van der Waals surface area contributed by atoms with Crippen molar-refractivity contribution in [1.29, 1.82) is 0 Å². The van der Waals surface area contributed by atoms with Crippen molar-refractivity contribution in [2.75, 3.05) is 4.90 Å². The number of anilines is 1. The maximum absolute atomic E-state index is 13.4. The van der Waals surface area contributed by atoms with Gasteiger partial charge < -0.3 is 10.0 Å². The molecule has 2 aromatic carbocycles. The van der Waals surface area contributed by atoms with Crippen molar-refractivity contribution in [3.05, 3.63) is 94.8 Å². The largest absolute Gasteiger partial charge is 0.375 e. The van der Waals surface area contributed by atoms with Crippen LogP contribution in [0.2, 0.25) is 0 Å². The van der Waals surface area contributed by atoms with Gasteiger partial charge in [0, 0.05) is 11.8 Å². The van der Waals surface area contributed by atoms with Crippen molar-refractivity contribution in [2.45, 2.75) is 32.4 Å². The van der Waals surface area contributed by atoms with Crippen LogP contribution in [-0.4, -0.2) is 21.8 Å². The molecule has 0 radical (unpaired) electrons. The van der Waals surface area contributed by atoms with Gasteiger partial charge in [0.05, 0.1) is 18.7 Å². The van der Waals surface area contributed by atoms with E-state index in [4.69, 9.17) is 0 Å². The van der Waals surface area contributed by atoms with Gasteiger partial charge in [-0.05, 0) is 43.2 Å². The van der Waals surface area contributed by atoms with Crippen molar-refractivity contribution in [1.82, 2.24) is 4.98 Å². The number of para-hydroxylation sites is 1. The summed E-state index contributed by atoms with van der Waals surface area (Å²) in [5, 5.41) is 11.4. The van der Waals surface area contributed by atoms with E-state index in [-0.39, 0.29) is 17.9 Å². The molecule has 1 unspecified atom stereocenters. The smallest absolute Gasteiger partial charge is 0.264 e. The van der Waals surface area contributed by atoms with Crippen LogP contribution < -0.4 is 4.90 Å². The maximum atomic E-state index is 13.4. The lowest BCUT2D eigenvalue weighted by atomic mass is 9.89. The predicted molar refractivity (Wildman–Crippen MR) is 111 cm³/mol. The zero-order valence-corrected chi connectivity index (χ0v) is 16.4. The van der Waals surface area contributed by atoms with Gasteiger partial charge in [-0.15, -0.1) is 0 Å². The molecule has 0 spiro atoms. The minimum atomic E-state index is -1.90. The monoisotopic (exact) mass is 386 g/mol. The van der Waals surface area contributed by atoms with E-state index in [0.29, 0.717) is 17.8 Å². The Balaban J connectivity index is 1.71. The minimum Gasteiger partial charge on any atom is -0.375 e. The Kier molecular flexibility index (Phi) is 4.76. The summed E-state index contributed by atoms with van der Waals surface area (Å²) in [6.45, 7) is 4.34. The Morgan fingerprint density at radius 1 is 1.07 bits per heavy atom. The van der Waals surface area contributed by atoms with Gasteiger partial charge >= 0.3 is 0 Å². The molecule has 29 heavy (non-hydrogen) atoms. The number of aryl methyl sites for hydroxylation is 2. The van der Waals surface area contributed by atoms with Crippen molar-refractivity contribution in [2.24, 2.45) is 0 Å². The van der Waals surface area contributed by atoms with E-state index in [1.807, 2.05) is 44.2 Å². The number of hydrogen-bond donors (Lipinski definition) is 1. The molecular formula is C24H22N2O3. The quantitative estimate of drug-likeness (QED) is 0.679. The first kappa shape index (κ1) is 19.0. The van der Waals surface area contributed by atoms with Gasteiger partial charge in [-0.2, -0.15) is 0 Å². The number of hydrogen-bond acceptors (Lipinski definition) is 4. The number of benzene rings is 2. The topological polar surface area (TPSA) is 70.5 Å². The van der Waals surface area contributed by atoms with Crippen LogP contribution in [0.15, 0.2) is 66.9 Å². The van der Waals surface area contributed by atoms with Crippen molar-refractivity contribution in [3.8, 4) is 0 Å². The number of carbonyl (C=O) groups is 2. The molecule has 2 heterocycles.